The Morgan fingerprint density at radius 3 is 2.89 bits per heavy atom. The standard InChI is InChI=1S/C19H19FN2O4S/c1-11-16(27-10-22-11)6-25-13-3-4-15-14(5-13)17(12(2)26-15)18(23)21-7-19(20)8-24-9-19/h3-5,10H,6-9H2,1-2H3,(H,21,23). The number of carbonyl (C=O) groups excluding carboxylic acids is 1. The first-order chi connectivity index (χ1) is 13.0. The zero-order chi connectivity index (χ0) is 19.0. The molecule has 0 saturated carbocycles. The molecule has 0 radical (unpaired) electrons. The number of ether oxygens (including phenoxy) is 2. The van der Waals surface area contributed by atoms with Gasteiger partial charge in [-0.05, 0) is 32.0 Å². The van der Waals surface area contributed by atoms with E-state index in [1.54, 1.807) is 30.6 Å². The van der Waals surface area contributed by atoms with Crippen molar-refractivity contribution in [2.24, 2.45) is 0 Å². The van der Waals surface area contributed by atoms with Crippen LogP contribution in [0.5, 0.6) is 5.75 Å². The van der Waals surface area contributed by atoms with Crippen LogP contribution >= 0.6 is 11.3 Å². The van der Waals surface area contributed by atoms with Gasteiger partial charge in [0.15, 0.2) is 5.67 Å². The lowest BCUT2D eigenvalue weighted by atomic mass is 10.0. The molecule has 3 aromatic rings. The summed E-state index contributed by atoms with van der Waals surface area (Å²) in [6.07, 6.45) is 0. The summed E-state index contributed by atoms with van der Waals surface area (Å²) in [7, 11) is 0. The molecule has 8 heteroatoms. The number of thiazole rings is 1. The van der Waals surface area contributed by atoms with E-state index in [1.165, 1.54) is 11.3 Å². The van der Waals surface area contributed by atoms with Gasteiger partial charge in [-0.3, -0.25) is 4.79 Å². The molecule has 0 unspecified atom stereocenters. The number of amides is 1. The van der Waals surface area contributed by atoms with E-state index in [-0.39, 0.29) is 25.7 Å². The maximum atomic E-state index is 14.1. The third-order valence-corrected chi connectivity index (χ3v) is 5.47. The number of alkyl halides is 1. The highest BCUT2D eigenvalue weighted by atomic mass is 32.1. The van der Waals surface area contributed by atoms with E-state index in [1.807, 2.05) is 6.92 Å². The Bertz CT molecular complexity index is 993. The second-order valence-corrected chi connectivity index (χ2v) is 7.61. The molecule has 0 atom stereocenters. The fourth-order valence-electron chi connectivity index (χ4n) is 2.94. The molecule has 2 aromatic heterocycles. The highest BCUT2D eigenvalue weighted by molar-refractivity contribution is 7.09. The van der Waals surface area contributed by atoms with Gasteiger partial charge >= 0.3 is 0 Å². The Labute approximate surface area is 159 Å². The van der Waals surface area contributed by atoms with Crippen molar-refractivity contribution in [1.29, 1.82) is 0 Å². The van der Waals surface area contributed by atoms with E-state index in [4.69, 9.17) is 13.9 Å². The largest absolute Gasteiger partial charge is 0.488 e. The van der Waals surface area contributed by atoms with Crippen LogP contribution in [0.1, 0.15) is 26.7 Å². The number of aromatic nitrogens is 1. The van der Waals surface area contributed by atoms with Crippen LogP contribution < -0.4 is 10.1 Å². The molecule has 1 saturated heterocycles. The summed E-state index contributed by atoms with van der Waals surface area (Å²) in [5.41, 5.74) is 2.23. The van der Waals surface area contributed by atoms with Gasteiger partial charge in [0.25, 0.3) is 5.91 Å². The van der Waals surface area contributed by atoms with Gasteiger partial charge in [0, 0.05) is 5.39 Å². The molecule has 6 nitrogen and oxygen atoms in total. The van der Waals surface area contributed by atoms with Crippen LogP contribution in [-0.4, -0.2) is 36.3 Å². The number of furan rings is 1. The minimum atomic E-state index is -1.48. The highest BCUT2D eigenvalue weighted by Crippen LogP contribution is 2.30. The van der Waals surface area contributed by atoms with Gasteiger partial charge < -0.3 is 19.2 Å². The highest BCUT2D eigenvalue weighted by Gasteiger charge is 2.39. The molecule has 1 N–H and O–H groups in total. The van der Waals surface area contributed by atoms with Crippen LogP contribution in [0.4, 0.5) is 4.39 Å². The van der Waals surface area contributed by atoms with Crippen molar-refractivity contribution < 1.29 is 23.1 Å². The zero-order valence-corrected chi connectivity index (χ0v) is 15.8. The van der Waals surface area contributed by atoms with Crippen LogP contribution in [-0.2, 0) is 11.3 Å². The molecule has 142 valence electrons. The second kappa shape index (κ2) is 6.94. The zero-order valence-electron chi connectivity index (χ0n) is 15.0. The quantitative estimate of drug-likeness (QED) is 0.697. The normalized spacial score (nSPS) is 15.5. The van der Waals surface area contributed by atoms with Crippen molar-refractivity contribution in [2.75, 3.05) is 19.8 Å². The summed E-state index contributed by atoms with van der Waals surface area (Å²) in [6, 6.07) is 5.34. The van der Waals surface area contributed by atoms with Crippen LogP contribution in [0.2, 0.25) is 0 Å². The van der Waals surface area contributed by atoms with Crippen molar-refractivity contribution >= 4 is 28.2 Å². The van der Waals surface area contributed by atoms with E-state index < -0.39 is 5.67 Å². The van der Waals surface area contributed by atoms with Crippen molar-refractivity contribution in [2.45, 2.75) is 26.1 Å². The van der Waals surface area contributed by atoms with Crippen LogP contribution in [0.3, 0.4) is 0 Å². The van der Waals surface area contributed by atoms with Crippen LogP contribution in [0.15, 0.2) is 28.1 Å². The predicted octanol–water partition coefficient (Wildman–Crippen LogP) is 3.55. The van der Waals surface area contributed by atoms with Gasteiger partial charge in [-0.15, -0.1) is 11.3 Å². The van der Waals surface area contributed by atoms with E-state index in [2.05, 4.69) is 10.3 Å². The van der Waals surface area contributed by atoms with Crippen molar-refractivity contribution in [3.05, 3.63) is 45.6 Å². The maximum Gasteiger partial charge on any atom is 0.255 e. The first-order valence-corrected chi connectivity index (χ1v) is 9.43. The van der Waals surface area contributed by atoms with Crippen LogP contribution in [0, 0.1) is 13.8 Å². The second-order valence-electron chi connectivity index (χ2n) is 6.67. The number of rotatable bonds is 6. The molecule has 0 bridgehead atoms. The lowest BCUT2D eigenvalue weighted by Crippen LogP contribution is -2.53. The number of hydrogen-bond acceptors (Lipinski definition) is 6. The third kappa shape index (κ3) is 3.54. The molecule has 4 rings (SSSR count). The van der Waals surface area contributed by atoms with Gasteiger partial charge in [0.05, 0.1) is 41.4 Å². The maximum absolute atomic E-state index is 14.1. The first-order valence-electron chi connectivity index (χ1n) is 8.55. The monoisotopic (exact) mass is 390 g/mol. The third-order valence-electron chi connectivity index (χ3n) is 4.56. The summed E-state index contributed by atoms with van der Waals surface area (Å²) in [5.74, 6) is 0.737. The average molecular weight is 390 g/mol. The molecule has 1 amide bonds. The molecule has 1 fully saturated rings. The topological polar surface area (TPSA) is 73.6 Å². The van der Waals surface area contributed by atoms with E-state index in [0.717, 1.165) is 10.6 Å². The Hall–Kier alpha value is -2.45. The van der Waals surface area contributed by atoms with E-state index in [9.17, 15) is 9.18 Å². The number of benzene rings is 1. The Balaban J connectivity index is 1.54. The van der Waals surface area contributed by atoms with Crippen molar-refractivity contribution in [3.63, 3.8) is 0 Å². The lowest BCUT2D eigenvalue weighted by Gasteiger charge is -2.33. The van der Waals surface area contributed by atoms with Gasteiger partial charge in [0.2, 0.25) is 0 Å². The Morgan fingerprint density at radius 2 is 2.22 bits per heavy atom. The number of fused-ring (bicyclic) bond motifs is 1. The van der Waals surface area contributed by atoms with Crippen LogP contribution in [0.25, 0.3) is 11.0 Å². The SMILES string of the molecule is Cc1ncsc1COc1ccc2oc(C)c(C(=O)NCC3(F)COC3)c2c1. The van der Waals surface area contributed by atoms with Crippen molar-refractivity contribution in [1.82, 2.24) is 10.3 Å². The fourth-order valence-corrected chi connectivity index (χ4v) is 3.63. The van der Waals surface area contributed by atoms with E-state index >= 15 is 0 Å². The summed E-state index contributed by atoms with van der Waals surface area (Å²) < 4.78 is 30.5. The summed E-state index contributed by atoms with van der Waals surface area (Å²) in [6.45, 7) is 3.99. The molecule has 0 spiro atoms. The van der Waals surface area contributed by atoms with E-state index in [0.29, 0.717) is 34.6 Å². The van der Waals surface area contributed by atoms with Gasteiger partial charge in [-0.1, -0.05) is 0 Å². The molecule has 1 aliphatic rings. The minimum absolute atomic E-state index is 0.00732. The molecular weight excluding hydrogens is 371 g/mol. The smallest absolute Gasteiger partial charge is 0.255 e. The number of hydrogen-bond donors (Lipinski definition) is 1. The predicted molar refractivity (Wildman–Crippen MR) is 99.1 cm³/mol. The lowest BCUT2D eigenvalue weighted by molar-refractivity contribution is -0.126. The number of halogens is 1. The molecule has 1 aromatic carbocycles. The first kappa shape index (κ1) is 17.9. The van der Waals surface area contributed by atoms with Gasteiger partial charge in [-0.2, -0.15) is 0 Å². The number of carbonyl (C=O) groups is 1. The van der Waals surface area contributed by atoms with Gasteiger partial charge in [-0.25, -0.2) is 9.37 Å². The Morgan fingerprint density at radius 1 is 1.41 bits per heavy atom. The number of aryl methyl sites for hydroxylation is 2. The minimum Gasteiger partial charge on any atom is -0.488 e. The molecule has 0 aliphatic carbocycles. The molecule has 3 heterocycles. The van der Waals surface area contributed by atoms with Gasteiger partial charge in [0.1, 0.15) is 23.7 Å². The fraction of sp³-hybridized carbons (Fsp3) is 0.368. The number of nitrogens with zero attached hydrogens (tertiary/aromatic N) is 1. The number of nitrogens with one attached hydrogen (secondary N) is 1. The summed E-state index contributed by atoms with van der Waals surface area (Å²) in [4.78, 5) is 17.9. The summed E-state index contributed by atoms with van der Waals surface area (Å²) in [5, 5.41) is 3.28. The Kier molecular flexibility index (Phi) is 4.61. The molecular formula is C19H19FN2O4S. The molecule has 1 aliphatic heterocycles. The summed E-state index contributed by atoms with van der Waals surface area (Å²) >= 11 is 1.54. The van der Waals surface area contributed by atoms with Crippen molar-refractivity contribution in [3.8, 4) is 5.75 Å². The average Bonchev–Trinajstić information content (AvgIpc) is 3.17. The molecule has 27 heavy (non-hydrogen) atoms.